The minimum atomic E-state index is -0.196. The number of rotatable bonds is 5. The molecule has 6 heteroatoms. The van der Waals surface area contributed by atoms with E-state index in [1.165, 1.54) is 5.56 Å². The van der Waals surface area contributed by atoms with Crippen LogP contribution < -0.4 is 10.1 Å². The molecule has 0 bridgehead atoms. The summed E-state index contributed by atoms with van der Waals surface area (Å²) >= 11 is 0. The first-order valence-electron chi connectivity index (χ1n) is 11.4. The maximum atomic E-state index is 13.4. The van der Waals surface area contributed by atoms with Crippen LogP contribution in [0.25, 0.3) is 27.8 Å². The van der Waals surface area contributed by atoms with Crippen LogP contribution in [0.5, 0.6) is 5.75 Å². The number of hydrogen-bond donors (Lipinski definition) is 1. The van der Waals surface area contributed by atoms with Crippen molar-refractivity contribution in [2.45, 2.75) is 20.8 Å². The molecule has 0 atom stereocenters. The lowest BCUT2D eigenvalue weighted by atomic mass is 10.0. The Labute approximate surface area is 204 Å². The minimum Gasteiger partial charge on any atom is -0.497 e. The van der Waals surface area contributed by atoms with Gasteiger partial charge in [-0.25, -0.2) is 9.67 Å². The minimum absolute atomic E-state index is 0.196. The molecule has 5 rings (SSSR count). The molecule has 0 aliphatic carbocycles. The lowest BCUT2D eigenvalue weighted by Gasteiger charge is -2.12. The van der Waals surface area contributed by atoms with Gasteiger partial charge < -0.3 is 10.1 Å². The quantitative estimate of drug-likeness (QED) is 0.334. The van der Waals surface area contributed by atoms with Gasteiger partial charge in [-0.15, -0.1) is 0 Å². The summed E-state index contributed by atoms with van der Waals surface area (Å²) < 4.78 is 7.11. The Morgan fingerprint density at radius 2 is 1.60 bits per heavy atom. The summed E-state index contributed by atoms with van der Waals surface area (Å²) in [6.45, 7) is 6.08. The van der Waals surface area contributed by atoms with Crippen LogP contribution in [0.3, 0.4) is 0 Å². The Balaban J connectivity index is 1.58. The number of carbonyl (C=O) groups excluding carboxylic acids is 1. The van der Waals surface area contributed by atoms with Gasteiger partial charge in [0.25, 0.3) is 5.91 Å². The number of fused-ring (bicyclic) bond motifs is 1. The molecule has 1 N–H and O–H groups in total. The number of benzene rings is 3. The highest BCUT2D eigenvalue weighted by Crippen LogP contribution is 2.29. The fourth-order valence-electron chi connectivity index (χ4n) is 4.15. The van der Waals surface area contributed by atoms with Crippen molar-refractivity contribution in [3.8, 4) is 22.7 Å². The van der Waals surface area contributed by atoms with Crippen LogP contribution in [0.4, 0.5) is 5.69 Å². The molecule has 0 saturated heterocycles. The van der Waals surface area contributed by atoms with Gasteiger partial charge in [0.1, 0.15) is 5.75 Å². The second-order valence-electron chi connectivity index (χ2n) is 8.65. The fraction of sp³-hybridized carbons (Fsp3) is 0.138. The average Bonchev–Trinajstić information content (AvgIpc) is 3.25. The SMILES string of the molecule is COc1ccc(NC(=O)c2cc(-c3cnn(-c4ccc(C)cc4)c3C)nc3ccc(C)cc23)cc1. The zero-order valence-electron chi connectivity index (χ0n) is 20.2. The van der Waals surface area contributed by atoms with E-state index in [9.17, 15) is 4.79 Å². The Bertz CT molecular complexity index is 1530. The molecule has 0 saturated carbocycles. The molecule has 3 aromatic carbocycles. The third kappa shape index (κ3) is 4.38. The van der Waals surface area contributed by atoms with Crippen LogP contribution >= 0.6 is 0 Å². The molecule has 5 aromatic rings. The number of methoxy groups -OCH3 is 1. The van der Waals surface area contributed by atoms with Gasteiger partial charge in [0.05, 0.1) is 41.5 Å². The first kappa shape index (κ1) is 22.3. The molecule has 0 aliphatic rings. The maximum Gasteiger partial charge on any atom is 0.256 e. The highest BCUT2D eigenvalue weighted by atomic mass is 16.5. The van der Waals surface area contributed by atoms with E-state index in [0.717, 1.165) is 39.2 Å². The number of hydrogen-bond acceptors (Lipinski definition) is 4. The summed E-state index contributed by atoms with van der Waals surface area (Å²) in [5, 5.41) is 8.43. The topological polar surface area (TPSA) is 69.0 Å². The predicted octanol–water partition coefficient (Wildman–Crippen LogP) is 6.27. The van der Waals surface area contributed by atoms with E-state index in [0.29, 0.717) is 16.9 Å². The largest absolute Gasteiger partial charge is 0.497 e. The predicted molar refractivity (Wildman–Crippen MR) is 139 cm³/mol. The van der Waals surface area contributed by atoms with Gasteiger partial charge in [-0.05, 0) is 75.4 Å². The van der Waals surface area contributed by atoms with Crippen LogP contribution in [-0.2, 0) is 0 Å². The van der Waals surface area contributed by atoms with Gasteiger partial charge in [0.15, 0.2) is 0 Å². The molecular weight excluding hydrogens is 436 g/mol. The summed E-state index contributed by atoms with van der Waals surface area (Å²) in [5.41, 5.74) is 7.79. The van der Waals surface area contributed by atoms with E-state index in [1.54, 1.807) is 7.11 Å². The van der Waals surface area contributed by atoms with E-state index in [-0.39, 0.29) is 5.91 Å². The van der Waals surface area contributed by atoms with E-state index in [2.05, 4.69) is 29.5 Å². The third-order valence-electron chi connectivity index (χ3n) is 6.12. The fourth-order valence-corrected chi connectivity index (χ4v) is 4.15. The summed E-state index contributed by atoms with van der Waals surface area (Å²) in [5.74, 6) is 0.536. The second kappa shape index (κ2) is 9.06. The molecule has 0 spiro atoms. The summed E-state index contributed by atoms with van der Waals surface area (Å²) in [6.07, 6.45) is 1.81. The van der Waals surface area contributed by atoms with Crippen molar-refractivity contribution in [3.05, 3.63) is 101 Å². The molecule has 2 aromatic heterocycles. The Morgan fingerprint density at radius 1 is 0.886 bits per heavy atom. The highest BCUT2D eigenvalue weighted by molar-refractivity contribution is 6.13. The first-order chi connectivity index (χ1) is 16.9. The number of amides is 1. The zero-order chi connectivity index (χ0) is 24.5. The molecule has 35 heavy (non-hydrogen) atoms. The standard InChI is InChI=1S/C29H26N4O2/c1-18-5-10-22(11-6-18)33-20(3)26(17-30-33)28-16-25(24-15-19(2)7-14-27(24)32-28)29(34)31-21-8-12-23(35-4)13-9-21/h5-17H,1-4H3,(H,31,34). The molecule has 2 heterocycles. The van der Waals surface area contributed by atoms with Crippen LogP contribution in [0, 0.1) is 20.8 Å². The third-order valence-corrected chi connectivity index (χ3v) is 6.12. The van der Waals surface area contributed by atoms with Crippen LogP contribution in [0.1, 0.15) is 27.2 Å². The summed E-state index contributed by atoms with van der Waals surface area (Å²) in [4.78, 5) is 18.3. The number of nitrogens with zero attached hydrogens (tertiary/aromatic N) is 3. The number of pyridine rings is 1. The van der Waals surface area contributed by atoms with Gasteiger partial charge in [-0.1, -0.05) is 29.3 Å². The number of nitrogens with one attached hydrogen (secondary N) is 1. The van der Waals surface area contributed by atoms with E-state index < -0.39 is 0 Å². The number of aromatic nitrogens is 3. The Morgan fingerprint density at radius 3 is 2.31 bits per heavy atom. The van der Waals surface area contributed by atoms with Gasteiger partial charge in [-0.3, -0.25) is 4.79 Å². The average molecular weight is 463 g/mol. The van der Waals surface area contributed by atoms with Crippen molar-refractivity contribution in [1.29, 1.82) is 0 Å². The van der Waals surface area contributed by atoms with Crippen molar-refractivity contribution in [2.75, 3.05) is 12.4 Å². The molecule has 6 nitrogen and oxygen atoms in total. The van der Waals surface area contributed by atoms with Crippen molar-refractivity contribution < 1.29 is 9.53 Å². The van der Waals surface area contributed by atoms with Crippen LogP contribution in [-0.4, -0.2) is 27.8 Å². The van der Waals surface area contributed by atoms with Gasteiger partial charge in [-0.2, -0.15) is 5.10 Å². The summed E-state index contributed by atoms with van der Waals surface area (Å²) in [7, 11) is 1.61. The molecule has 0 radical (unpaired) electrons. The van der Waals surface area contributed by atoms with Gasteiger partial charge in [0.2, 0.25) is 0 Å². The van der Waals surface area contributed by atoms with E-state index in [4.69, 9.17) is 9.72 Å². The lowest BCUT2D eigenvalue weighted by Crippen LogP contribution is -2.13. The van der Waals surface area contributed by atoms with E-state index in [1.807, 2.05) is 85.4 Å². The number of ether oxygens (including phenoxy) is 1. The zero-order valence-corrected chi connectivity index (χ0v) is 20.2. The molecule has 0 unspecified atom stereocenters. The summed E-state index contributed by atoms with van der Waals surface area (Å²) in [6, 6.07) is 23.3. The van der Waals surface area contributed by atoms with Gasteiger partial charge >= 0.3 is 0 Å². The molecule has 0 fully saturated rings. The second-order valence-corrected chi connectivity index (χ2v) is 8.65. The number of carbonyl (C=O) groups is 1. The molecule has 174 valence electrons. The normalized spacial score (nSPS) is 11.0. The number of aryl methyl sites for hydroxylation is 2. The van der Waals surface area contributed by atoms with Crippen LogP contribution in [0.2, 0.25) is 0 Å². The van der Waals surface area contributed by atoms with Crippen molar-refractivity contribution in [1.82, 2.24) is 14.8 Å². The van der Waals surface area contributed by atoms with Crippen LogP contribution in [0.15, 0.2) is 79.0 Å². The van der Waals surface area contributed by atoms with Crippen molar-refractivity contribution in [2.24, 2.45) is 0 Å². The molecule has 1 amide bonds. The van der Waals surface area contributed by atoms with E-state index >= 15 is 0 Å². The lowest BCUT2D eigenvalue weighted by molar-refractivity contribution is 0.102. The Kier molecular flexibility index (Phi) is 5.79. The molecule has 0 aliphatic heterocycles. The Hall–Kier alpha value is -4.45. The monoisotopic (exact) mass is 462 g/mol. The first-order valence-corrected chi connectivity index (χ1v) is 11.4. The smallest absolute Gasteiger partial charge is 0.256 e. The number of anilines is 1. The van der Waals surface area contributed by atoms with Crippen molar-refractivity contribution in [3.63, 3.8) is 0 Å². The van der Waals surface area contributed by atoms with Gasteiger partial charge in [0, 0.05) is 16.6 Å². The maximum absolute atomic E-state index is 13.4. The molecular formula is C29H26N4O2. The highest BCUT2D eigenvalue weighted by Gasteiger charge is 2.18. The van der Waals surface area contributed by atoms with Crippen molar-refractivity contribution >= 4 is 22.5 Å².